The van der Waals surface area contributed by atoms with Crippen LogP contribution in [0, 0.1) is 0 Å². The fourth-order valence-corrected chi connectivity index (χ4v) is 4.36. The van der Waals surface area contributed by atoms with Crippen LogP contribution >= 0.6 is 0 Å². The number of phenolic OH excluding ortho intramolecular Hbond substituents is 1. The molecule has 0 amide bonds. The lowest BCUT2D eigenvalue weighted by molar-refractivity contribution is 0.0523. The predicted molar refractivity (Wildman–Crippen MR) is 124 cm³/mol. The van der Waals surface area contributed by atoms with Gasteiger partial charge in [0.1, 0.15) is 11.3 Å². The lowest BCUT2D eigenvalue weighted by Gasteiger charge is -2.24. The van der Waals surface area contributed by atoms with Crippen LogP contribution in [0.3, 0.4) is 0 Å². The van der Waals surface area contributed by atoms with Gasteiger partial charge in [-0.05, 0) is 61.4 Å². The number of carbonyl (C=O) groups is 1. The molecule has 0 aliphatic carbocycles. The number of nitrogens with one attached hydrogen (secondary N) is 2. The molecule has 1 unspecified atom stereocenters. The minimum Gasteiger partial charge on any atom is -0.507 e. The molecule has 0 bridgehead atoms. The van der Waals surface area contributed by atoms with Crippen molar-refractivity contribution in [2.45, 2.75) is 45.1 Å². The third kappa shape index (κ3) is 5.00. The molecule has 5 heteroatoms. The van der Waals surface area contributed by atoms with E-state index in [4.69, 9.17) is 4.74 Å². The maximum atomic E-state index is 12.0. The van der Waals surface area contributed by atoms with Gasteiger partial charge in [0.2, 0.25) is 0 Å². The summed E-state index contributed by atoms with van der Waals surface area (Å²) < 4.78 is 5.01. The number of H-pyrrole nitrogens is 1. The van der Waals surface area contributed by atoms with Crippen LogP contribution in [0.25, 0.3) is 16.5 Å². The first-order chi connectivity index (χ1) is 15.2. The van der Waals surface area contributed by atoms with E-state index in [0.29, 0.717) is 6.04 Å². The van der Waals surface area contributed by atoms with Crippen molar-refractivity contribution in [1.29, 1.82) is 0 Å². The lowest BCUT2D eigenvalue weighted by Crippen LogP contribution is -2.32. The smallest absolute Gasteiger partial charge is 0.341 e. The molecule has 1 aliphatic heterocycles. The van der Waals surface area contributed by atoms with Gasteiger partial charge < -0.3 is 20.1 Å². The number of hydrogen-bond acceptors (Lipinski definition) is 4. The number of hydrogen-bond donors (Lipinski definition) is 3. The Morgan fingerprint density at radius 3 is 2.84 bits per heavy atom. The highest BCUT2D eigenvalue weighted by Gasteiger charge is 2.17. The summed E-state index contributed by atoms with van der Waals surface area (Å²) in [6, 6.07) is 14.5. The standard InChI is InChI=1S/C26H30N2O3/c1-2-31-26(30)23-15-24-22(16-25(23)29)20(17-28-24)10-6-7-11-21-14-19(12-13-27-21)18-8-4-3-5-9-18/h3-5,8-9,12,15-17,21,27-29H,2,6-7,10-11,13-14H2,1H3. The number of aromatic hydroxyl groups is 1. The number of aromatic amines is 1. The first-order valence-corrected chi connectivity index (χ1v) is 11.1. The number of ether oxygens (including phenoxy) is 1. The summed E-state index contributed by atoms with van der Waals surface area (Å²) in [6.45, 7) is 2.96. The van der Waals surface area contributed by atoms with Gasteiger partial charge in [-0.1, -0.05) is 42.8 Å². The van der Waals surface area contributed by atoms with Crippen LogP contribution in [-0.4, -0.2) is 35.3 Å². The number of unbranched alkanes of at least 4 members (excludes halogenated alkanes) is 1. The van der Waals surface area contributed by atoms with Crippen molar-refractivity contribution in [3.63, 3.8) is 0 Å². The molecule has 0 spiro atoms. The molecule has 3 N–H and O–H groups in total. The molecule has 5 nitrogen and oxygen atoms in total. The van der Waals surface area contributed by atoms with Gasteiger partial charge >= 0.3 is 5.97 Å². The van der Waals surface area contributed by atoms with Crippen LogP contribution in [0.2, 0.25) is 0 Å². The minimum atomic E-state index is -0.498. The third-order valence-corrected chi connectivity index (χ3v) is 5.99. The average Bonchev–Trinajstić information content (AvgIpc) is 3.18. The number of fused-ring (bicyclic) bond motifs is 1. The SMILES string of the molecule is CCOC(=O)c1cc2[nH]cc(CCCCC3CC(c4ccccc4)=CCN3)c2cc1O. The molecule has 0 saturated heterocycles. The summed E-state index contributed by atoms with van der Waals surface area (Å²) in [5.74, 6) is -0.527. The molecule has 4 rings (SSSR count). The number of esters is 1. The zero-order valence-electron chi connectivity index (χ0n) is 18.0. The van der Waals surface area contributed by atoms with Gasteiger partial charge in [0, 0.05) is 29.7 Å². The van der Waals surface area contributed by atoms with Crippen molar-refractivity contribution < 1.29 is 14.6 Å². The third-order valence-electron chi connectivity index (χ3n) is 5.99. The Kier molecular flexibility index (Phi) is 6.73. The van der Waals surface area contributed by atoms with Crippen molar-refractivity contribution in [2.75, 3.05) is 13.2 Å². The molecule has 1 atom stereocenters. The van der Waals surface area contributed by atoms with Crippen LogP contribution in [-0.2, 0) is 11.2 Å². The number of aromatic nitrogens is 1. The van der Waals surface area contributed by atoms with Crippen LogP contribution < -0.4 is 5.32 Å². The van der Waals surface area contributed by atoms with Crippen molar-refractivity contribution in [1.82, 2.24) is 10.3 Å². The summed E-state index contributed by atoms with van der Waals surface area (Å²) in [5.41, 5.74) is 4.99. The summed E-state index contributed by atoms with van der Waals surface area (Å²) in [4.78, 5) is 15.2. The second kappa shape index (κ2) is 9.84. The Morgan fingerprint density at radius 2 is 2.03 bits per heavy atom. The summed E-state index contributed by atoms with van der Waals surface area (Å²) in [7, 11) is 0. The van der Waals surface area contributed by atoms with Gasteiger partial charge in [0.25, 0.3) is 0 Å². The number of carbonyl (C=O) groups excluding carboxylic acids is 1. The molecule has 1 aliphatic rings. The second-order valence-corrected chi connectivity index (χ2v) is 8.10. The monoisotopic (exact) mass is 418 g/mol. The Balaban J connectivity index is 1.31. The molecule has 3 aromatic rings. The van der Waals surface area contributed by atoms with E-state index in [1.807, 2.05) is 6.20 Å². The molecule has 0 saturated carbocycles. The van der Waals surface area contributed by atoms with Gasteiger partial charge in [-0.25, -0.2) is 4.79 Å². The second-order valence-electron chi connectivity index (χ2n) is 8.10. The maximum Gasteiger partial charge on any atom is 0.341 e. The average molecular weight is 419 g/mol. The molecule has 0 fully saturated rings. The Morgan fingerprint density at radius 1 is 1.19 bits per heavy atom. The van der Waals surface area contributed by atoms with Gasteiger partial charge in [0.05, 0.1) is 6.61 Å². The highest BCUT2D eigenvalue weighted by molar-refractivity contribution is 5.98. The molecule has 2 aromatic carbocycles. The number of aryl methyl sites for hydroxylation is 1. The molecule has 31 heavy (non-hydrogen) atoms. The van der Waals surface area contributed by atoms with Gasteiger partial charge in [-0.2, -0.15) is 0 Å². The van der Waals surface area contributed by atoms with E-state index in [9.17, 15) is 9.90 Å². The van der Waals surface area contributed by atoms with E-state index >= 15 is 0 Å². The van der Waals surface area contributed by atoms with Gasteiger partial charge in [-0.3, -0.25) is 0 Å². The highest BCUT2D eigenvalue weighted by Crippen LogP contribution is 2.29. The number of rotatable bonds is 8. The van der Waals surface area contributed by atoms with Gasteiger partial charge in [-0.15, -0.1) is 0 Å². The van der Waals surface area contributed by atoms with Crippen molar-refractivity contribution in [2.24, 2.45) is 0 Å². The van der Waals surface area contributed by atoms with Crippen LogP contribution in [0.5, 0.6) is 5.75 Å². The quantitative estimate of drug-likeness (QED) is 0.347. The molecule has 1 aromatic heterocycles. The van der Waals surface area contributed by atoms with Crippen molar-refractivity contribution in [3.8, 4) is 5.75 Å². The Bertz CT molecular complexity index is 1070. The number of benzene rings is 2. The molecular weight excluding hydrogens is 388 g/mol. The molecular formula is C26H30N2O3. The minimum absolute atomic E-state index is 0.0292. The number of phenols is 1. The normalized spacial score (nSPS) is 16.3. The van der Waals surface area contributed by atoms with E-state index in [1.165, 1.54) is 16.7 Å². The lowest BCUT2D eigenvalue weighted by atomic mass is 9.92. The summed E-state index contributed by atoms with van der Waals surface area (Å²) in [6.07, 6.45) is 9.65. The molecule has 0 radical (unpaired) electrons. The highest BCUT2D eigenvalue weighted by atomic mass is 16.5. The van der Waals surface area contributed by atoms with Crippen LogP contribution in [0.1, 0.15) is 54.1 Å². The fraction of sp³-hybridized carbons (Fsp3) is 0.346. The zero-order valence-corrected chi connectivity index (χ0v) is 18.0. The van der Waals surface area contributed by atoms with E-state index in [0.717, 1.165) is 49.6 Å². The summed E-state index contributed by atoms with van der Waals surface area (Å²) >= 11 is 0. The zero-order chi connectivity index (χ0) is 21.6. The summed E-state index contributed by atoms with van der Waals surface area (Å²) in [5, 5.41) is 14.9. The van der Waals surface area contributed by atoms with Crippen molar-refractivity contribution >= 4 is 22.4 Å². The van der Waals surface area contributed by atoms with Crippen LogP contribution in [0.4, 0.5) is 0 Å². The first kappa shape index (κ1) is 21.2. The van der Waals surface area contributed by atoms with Crippen LogP contribution in [0.15, 0.2) is 54.7 Å². The van der Waals surface area contributed by atoms with E-state index < -0.39 is 5.97 Å². The Labute approximate surface area is 183 Å². The van der Waals surface area contributed by atoms with Crippen molar-refractivity contribution in [3.05, 3.63) is 71.4 Å². The first-order valence-electron chi connectivity index (χ1n) is 11.1. The largest absolute Gasteiger partial charge is 0.507 e. The van der Waals surface area contributed by atoms with E-state index in [1.54, 1.807) is 19.1 Å². The van der Waals surface area contributed by atoms with E-state index in [-0.39, 0.29) is 17.9 Å². The predicted octanol–water partition coefficient (Wildman–Crippen LogP) is 5.21. The van der Waals surface area contributed by atoms with Gasteiger partial charge in [0.15, 0.2) is 0 Å². The fourth-order valence-electron chi connectivity index (χ4n) is 4.36. The topological polar surface area (TPSA) is 74.4 Å². The van der Waals surface area contributed by atoms with E-state index in [2.05, 4.69) is 46.7 Å². The Hall–Kier alpha value is -3.05. The molecule has 162 valence electrons. The maximum absolute atomic E-state index is 12.0. The molecule has 2 heterocycles.